The molecule has 1 aromatic heterocycles. The van der Waals surface area contributed by atoms with E-state index >= 15 is 0 Å². The van der Waals surface area contributed by atoms with E-state index in [1.54, 1.807) is 20.3 Å². The molecular formula is C20H15BrN2O4. The van der Waals surface area contributed by atoms with Crippen molar-refractivity contribution in [1.29, 1.82) is 5.26 Å². The van der Waals surface area contributed by atoms with Gasteiger partial charge in [-0.2, -0.15) is 5.26 Å². The van der Waals surface area contributed by atoms with Crippen molar-refractivity contribution in [3.8, 4) is 23.3 Å². The number of H-pyrrole nitrogens is 1. The van der Waals surface area contributed by atoms with Crippen molar-refractivity contribution >= 4 is 32.8 Å². The molecule has 1 aliphatic heterocycles. The van der Waals surface area contributed by atoms with E-state index in [9.17, 15) is 10.1 Å². The summed E-state index contributed by atoms with van der Waals surface area (Å²) in [4.78, 5) is 15.6. The maximum Gasteiger partial charge on any atom is 0.329 e. The van der Waals surface area contributed by atoms with E-state index in [0.29, 0.717) is 21.7 Å². The minimum atomic E-state index is -0.963. The highest BCUT2D eigenvalue weighted by atomic mass is 79.9. The first-order valence-electron chi connectivity index (χ1n) is 8.21. The largest absolute Gasteiger partial charge is 0.493 e. The fraction of sp³-hybridized carbons (Fsp3) is 0.200. The van der Waals surface area contributed by atoms with E-state index < -0.39 is 17.8 Å². The third kappa shape index (κ3) is 2.73. The average Bonchev–Trinajstić information content (AvgIpc) is 3.11. The lowest BCUT2D eigenvalue weighted by atomic mass is 9.79. The highest BCUT2D eigenvalue weighted by Crippen LogP contribution is 2.47. The van der Waals surface area contributed by atoms with Crippen LogP contribution in [0.25, 0.3) is 10.9 Å². The molecule has 2 atom stereocenters. The van der Waals surface area contributed by atoms with Crippen molar-refractivity contribution in [3.05, 3.63) is 52.1 Å². The number of nitriles is 1. The van der Waals surface area contributed by atoms with E-state index in [0.717, 1.165) is 22.0 Å². The second kappa shape index (κ2) is 6.63. The van der Waals surface area contributed by atoms with E-state index in [-0.39, 0.29) is 0 Å². The van der Waals surface area contributed by atoms with Crippen LogP contribution in [0.5, 0.6) is 17.2 Å². The molecule has 1 aliphatic rings. The maximum absolute atomic E-state index is 12.5. The molecule has 3 aromatic rings. The van der Waals surface area contributed by atoms with Gasteiger partial charge < -0.3 is 19.2 Å². The van der Waals surface area contributed by atoms with Gasteiger partial charge in [0.2, 0.25) is 0 Å². The van der Waals surface area contributed by atoms with Crippen LogP contribution in [-0.2, 0) is 4.79 Å². The molecule has 2 heterocycles. The minimum absolute atomic E-state index is 0.467. The van der Waals surface area contributed by atoms with Gasteiger partial charge in [-0.15, -0.1) is 0 Å². The van der Waals surface area contributed by atoms with Crippen molar-refractivity contribution in [2.75, 3.05) is 14.2 Å². The second-order valence-corrected chi connectivity index (χ2v) is 7.05. The average molecular weight is 427 g/mol. The first-order chi connectivity index (χ1) is 13.1. The number of benzene rings is 2. The van der Waals surface area contributed by atoms with Crippen molar-refractivity contribution in [1.82, 2.24) is 4.98 Å². The number of rotatable bonds is 3. The number of carbonyl (C=O) groups is 1. The Balaban J connectivity index is 1.96. The molecule has 0 spiro atoms. The number of carbonyl (C=O) groups excluding carboxylic acids is 1. The molecule has 6 nitrogen and oxygen atoms in total. The number of esters is 1. The Hall–Kier alpha value is -2.98. The van der Waals surface area contributed by atoms with E-state index in [4.69, 9.17) is 14.2 Å². The number of aromatic nitrogens is 1. The lowest BCUT2D eigenvalue weighted by Gasteiger charge is -2.29. The first-order valence-corrected chi connectivity index (χ1v) is 9.00. The van der Waals surface area contributed by atoms with Gasteiger partial charge >= 0.3 is 5.97 Å². The van der Waals surface area contributed by atoms with Crippen LogP contribution < -0.4 is 14.2 Å². The minimum Gasteiger partial charge on any atom is -0.493 e. The highest BCUT2D eigenvalue weighted by molar-refractivity contribution is 9.10. The summed E-state index contributed by atoms with van der Waals surface area (Å²) in [7, 11) is 3.09. The lowest BCUT2D eigenvalue weighted by Crippen LogP contribution is -2.31. The van der Waals surface area contributed by atoms with Gasteiger partial charge in [-0.05, 0) is 51.8 Å². The Kier molecular flexibility index (Phi) is 4.28. The molecule has 1 N–H and O–H groups in total. The standard InChI is InChI=1S/C20H15BrN2O4/c1-25-17-7-11(5-14(21)19(17)26-2)18-12-8-15-10(3-4-23-15)6-16(12)27-20(24)13(18)9-22/h3-8,13,18,23H,1-2H3. The smallest absolute Gasteiger partial charge is 0.329 e. The second-order valence-electron chi connectivity index (χ2n) is 6.20. The molecule has 4 rings (SSSR count). The van der Waals surface area contributed by atoms with Gasteiger partial charge in [0.1, 0.15) is 5.75 Å². The topological polar surface area (TPSA) is 84.3 Å². The molecule has 0 saturated carbocycles. The molecule has 7 heteroatoms. The zero-order valence-corrected chi connectivity index (χ0v) is 16.2. The number of fused-ring (bicyclic) bond motifs is 2. The molecule has 27 heavy (non-hydrogen) atoms. The fourth-order valence-corrected chi connectivity index (χ4v) is 4.15. The normalized spacial score (nSPS) is 18.5. The van der Waals surface area contributed by atoms with Crippen LogP contribution in [0.4, 0.5) is 0 Å². The summed E-state index contributed by atoms with van der Waals surface area (Å²) in [5.41, 5.74) is 2.44. The quantitative estimate of drug-likeness (QED) is 0.502. The number of aromatic amines is 1. The van der Waals surface area contributed by atoms with Crippen molar-refractivity contribution in [2.45, 2.75) is 5.92 Å². The Bertz CT molecular complexity index is 1100. The van der Waals surface area contributed by atoms with E-state index in [1.807, 2.05) is 30.5 Å². The van der Waals surface area contributed by atoms with Crippen LogP contribution >= 0.6 is 15.9 Å². The molecular weight excluding hydrogens is 412 g/mol. The molecule has 0 saturated heterocycles. The Morgan fingerprint density at radius 2 is 2.04 bits per heavy atom. The summed E-state index contributed by atoms with van der Waals surface area (Å²) in [6.45, 7) is 0. The lowest BCUT2D eigenvalue weighted by molar-refractivity contribution is -0.138. The number of hydrogen-bond donors (Lipinski definition) is 1. The maximum atomic E-state index is 12.5. The summed E-state index contributed by atoms with van der Waals surface area (Å²) < 4.78 is 16.9. The van der Waals surface area contributed by atoms with Gasteiger partial charge in [-0.25, -0.2) is 0 Å². The predicted octanol–water partition coefficient (Wildman–Crippen LogP) is 4.14. The number of nitrogens with zero attached hydrogens (tertiary/aromatic N) is 1. The predicted molar refractivity (Wildman–Crippen MR) is 102 cm³/mol. The van der Waals surface area contributed by atoms with Crippen LogP contribution in [0.3, 0.4) is 0 Å². The molecule has 2 aromatic carbocycles. The molecule has 0 aliphatic carbocycles. The third-order valence-electron chi connectivity index (χ3n) is 4.77. The van der Waals surface area contributed by atoms with Gasteiger partial charge in [0.05, 0.1) is 24.8 Å². The van der Waals surface area contributed by atoms with Crippen molar-refractivity contribution < 1.29 is 19.0 Å². The van der Waals surface area contributed by atoms with E-state index in [1.165, 1.54) is 0 Å². The molecule has 0 radical (unpaired) electrons. The van der Waals surface area contributed by atoms with Gasteiger partial charge in [0, 0.05) is 28.6 Å². The SMILES string of the molecule is COc1cc(C2c3cc4[nH]ccc4cc3OC(=O)C2C#N)cc(Br)c1OC. The summed E-state index contributed by atoms with van der Waals surface area (Å²) in [6.07, 6.45) is 1.82. The number of methoxy groups -OCH3 is 2. The number of halogens is 1. The third-order valence-corrected chi connectivity index (χ3v) is 5.36. The van der Waals surface area contributed by atoms with Crippen LogP contribution in [0.2, 0.25) is 0 Å². The van der Waals surface area contributed by atoms with Crippen molar-refractivity contribution in [2.24, 2.45) is 5.92 Å². The van der Waals surface area contributed by atoms with Gasteiger partial charge in [-0.3, -0.25) is 4.79 Å². The van der Waals surface area contributed by atoms with Crippen LogP contribution in [-0.4, -0.2) is 25.2 Å². The number of hydrogen-bond acceptors (Lipinski definition) is 5. The molecule has 136 valence electrons. The molecule has 2 unspecified atom stereocenters. The van der Waals surface area contributed by atoms with Gasteiger partial charge in [-0.1, -0.05) is 0 Å². The van der Waals surface area contributed by atoms with Crippen molar-refractivity contribution in [3.63, 3.8) is 0 Å². The Labute approximate surface area is 163 Å². The Morgan fingerprint density at radius 3 is 2.74 bits per heavy atom. The van der Waals surface area contributed by atoms with Crippen LogP contribution in [0.1, 0.15) is 17.0 Å². The number of nitrogens with one attached hydrogen (secondary N) is 1. The summed E-state index contributed by atoms with van der Waals surface area (Å²) >= 11 is 3.49. The van der Waals surface area contributed by atoms with Gasteiger partial charge in [0.15, 0.2) is 17.4 Å². The summed E-state index contributed by atoms with van der Waals surface area (Å²) in [6, 6.07) is 11.4. The number of ether oxygens (including phenoxy) is 3. The highest BCUT2D eigenvalue weighted by Gasteiger charge is 2.40. The Morgan fingerprint density at radius 1 is 1.22 bits per heavy atom. The zero-order chi connectivity index (χ0) is 19.1. The fourth-order valence-electron chi connectivity index (χ4n) is 3.53. The monoisotopic (exact) mass is 426 g/mol. The summed E-state index contributed by atoms with van der Waals surface area (Å²) in [5, 5.41) is 10.6. The van der Waals surface area contributed by atoms with Gasteiger partial charge in [0.25, 0.3) is 0 Å². The summed E-state index contributed by atoms with van der Waals surface area (Å²) in [5.74, 6) is -0.483. The zero-order valence-electron chi connectivity index (χ0n) is 14.6. The molecule has 0 bridgehead atoms. The first kappa shape index (κ1) is 17.4. The van der Waals surface area contributed by atoms with E-state index in [2.05, 4.69) is 27.0 Å². The molecule has 0 amide bonds. The molecule has 0 fully saturated rings. The van der Waals surface area contributed by atoms with Crippen LogP contribution in [0.15, 0.2) is 41.0 Å². The van der Waals surface area contributed by atoms with Crippen LogP contribution in [0, 0.1) is 17.2 Å².